The van der Waals surface area contributed by atoms with Gasteiger partial charge in [0.05, 0.1) is 18.8 Å². The average Bonchev–Trinajstić information content (AvgIpc) is 2.26. The second-order valence-electron chi connectivity index (χ2n) is 5.06. The molecule has 0 aliphatic carbocycles. The summed E-state index contributed by atoms with van der Waals surface area (Å²) in [6.07, 6.45) is 0.889. The molecule has 0 rings (SSSR count). The van der Waals surface area contributed by atoms with Crippen LogP contribution in [0.1, 0.15) is 27.2 Å². The highest BCUT2D eigenvalue weighted by molar-refractivity contribution is 4.87. The standard InChI is InChI=1S/C13H28N2O2/c1-11(2)10-17-7-6-15-12(9-14)8-13(3,4)16-5/h12,15H,1,6-10,14H2,2-5H3. The molecule has 0 saturated heterocycles. The van der Waals surface area contributed by atoms with Gasteiger partial charge in [0.25, 0.3) is 0 Å². The quantitative estimate of drug-likeness (QED) is 0.449. The summed E-state index contributed by atoms with van der Waals surface area (Å²) in [5.41, 5.74) is 6.62. The lowest BCUT2D eigenvalue weighted by Crippen LogP contribution is -2.43. The molecule has 0 aromatic rings. The zero-order valence-corrected chi connectivity index (χ0v) is 11.7. The third-order valence-electron chi connectivity index (χ3n) is 2.60. The van der Waals surface area contributed by atoms with E-state index in [0.717, 1.165) is 18.5 Å². The molecule has 4 nitrogen and oxygen atoms in total. The maximum atomic E-state index is 5.72. The minimum atomic E-state index is -0.143. The van der Waals surface area contributed by atoms with Crippen molar-refractivity contribution in [2.75, 3.05) is 33.4 Å². The van der Waals surface area contributed by atoms with Crippen LogP contribution < -0.4 is 11.1 Å². The molecule has 0 radical (unpaired) electrons. The first kappa shape index (κ1) is 16.6. The van der Waals surface area contributed by atoms with Crippen molar-refractivity contribution in [3.05, 3.63) is 12.2 Å². The number of nitrogens with one attached hydrogen (secondary N) is 1. The van der Waals surface area contributed by atoms with E-state index in [-0.39, 0.29) is 11.6 Å². The van der Waals surface area contributed by atoms with Gasteiger partial charge in [0.2, 0.25) is 0 Å². The molecule has 0 aliphatic heterocycles. The molecular formula is C13H28N2O2. The molecule has 0 aromatic heterocycles. The molecule has 4 heteroatoms. The number of nitrogens with two attached hydrogens (primary N) is 1. The van der Waals surface area contributed by atoms with Crippen LogP contribution in [-0.2, 0) is 9.47 Å². The Morgan fingerprint density at radius 1 is 1.47 bits per heavy atom. The highest BCUT2D eigenvalue weighted by Crippen LogP contribution is 2.14. The molecular weight excluding hydrogens is 216 g/mol. The first-order chi connectivity index (χ1) is 7.91. The maximum Gasteiger partial charge on any atom is 0.0672 e. The summed E-state index contributed by atoms with van der Waals surface area (Å²) in [5, 5.41) is 3.37. The molecule has 0 aromatic carbocycles. The summed E-state index contributed by atoms with van der Waals surface area (Å²) >= 11 is 0. The number of hydrogen-bond acceptors (Lipinski definition) is 4. The molecule has 0 bridgehead atoms. The van der Waals surface area contributed by atoms with Gasteiger partial charge in [-0.3, -0.25) is 0 Å². The van der Waals surface area contributed by atoms with Crippen molar-refractivity contribution in [1.29, 1.82) is 0 Å². The van der Waals surface area contributed by atoms with Gasteiger partial charge in [0.1, 0.15) is 0 Å². The lowest BCUT2D eigenvalue weighted by molar-refractivity contribution is 0.00718. The lowest BCUT2D eigenvalue weighted by atomic mass is 9.99. The SMILES string of the molecule is C=C(C)COCCNC(CN)CC(C)(C)OC. The van der Waals surface area contributed by atoms with Crippen LogP contribution in [0.4, 0.5) is 0 Å². The van der Waals surface area contributed by atoms with Crippen LogP contribution in [-0.4, -0.2) is 45.1 Å². The number of hydrogen-bond donors (Lipinski definition) is 2. The van der Waals surface area contributed by atoms with E-state index in [1.165, 1.54) is 0 Å². The van der Waals surface area contributed by atoms with Crippen molar-refractivity contribution in [3.8, 4) is 0 Å². The van der Waals surface area contributed by atoms with Gasteiger partial charge in [-0.2, -0.15) is 0 Å². The summed E-state index contributed by atoms with van der Waals surface area (Å²) in [6.45, 7) is 12.6. The second-order valence-corrected chi connectivity index (χ2v) is 5.06. The molecule has 1 atom stereocenters. The van der Waals surface area contributed by atoms with Crippen LogP contribution in [0.5, 0.6) is 0 Å². The molecule has 0 spiro atoms. The maximum absolute atomic E-state index is 5.72. The van der Waals surface area contributed by atoms with Gasteiger partial charge in [0.15, 0.2) is 0 Å². The van der Waals surface area contributed by atoms with E-state index in [9.17, 15) is 0 Å². The Kier molecular flexibility index (Phi) is 8.43. The van der Waals surface area contributed by atoms with Crippen LogP contribution >= 0.6 is 0 Å². The predicted octanol–water partition coefficient (Wildman–Crippen LogP) is 1.31. The third-order valence-corrected chi connectivity index (χ3v) is 2.60. The molecule has 1 unspecified atom stereocenters. The van der Waals surface area contributed by atoms with Crippen molar-refractivity contribution < 1.29 is 9.47 Å². The Hall–Kier alpha value is -0.420. The Morgan fingerprint density at radius 2 is 2.12 bits per heavy atom. The zero-order chi connectivity index (χ0) is 13.3. The molecule has 17 heavy (non-hydrogen) atoms. The predicted molar refractivity (Wildman–Crippen MR) is 72.2 cm³/mol. The number of rotatable bonds is 10. The summed E-state index contributed by atoms with van der Waals surface area (Å²) in [6, 6.07) is 0.262. The Labute approximate surface area is 106 Å². The van der Waals surface area contributed by atoms with Gasteiger partial charge < -0.3 is 20.5 Å². The second kappa shape index (κ2) is 8.64. The van der Waals surface area contributed by atoms with Crippen molar-refractivity contribution in [3.63, 3.8) is 0 Å². The highest BCUT2D eigenvalue weighted by Gasteiger charge is 2.21. The largest absolute Gasteiger partial charge is 0.379 e. The monoisotopic (exact) mass is 244 g/mol. The normalized spacial score (nSPS) is 13.7. The number of ether oxygens (including phenoxy) is 2. The Balaban J connectivity index is 3.72. The fourth-order valence-electron chi connectivity index (χ4n) is 1.50. The van der Waals surface area contributed by atoms with E-state index in [1.54, 1.807) is 7.11 Å². The summed E-state index contributed by atoms with van der Waals surface area (Å²) in [5.74, 6) is 0. The molecule has 0 fully saturated rings. The van der Waals surface area contributed by atoms with E-state index in [0.29, 0.717) is 19.8 Å². The fourth-order valence-corrected chi connectivity index (χ4v) is 1.50. The molecule has 0 aliphatic rings. The third kappa shape index (κ3) is 9.30. The van der Waals surface area contributed by atoms with Gasteiger partial charge in [-0.15, -0.1) is 0 Å². The smallest absolute Gasteiger partial charge is 0.0672 e. The molecule has 0 saturated carbocycles. The minimum Gasteiger partial charge on any atom is -0.379 e. The van der Waals surface area contributed by atoms with Crippen molar-refractivity contribution >= 4 is 0 Å². The van der Waals surface area contributed by atoms with Gasteiger partial charge in [-0.25, -0.2) is 0 Å². The minimum absolute atomic E-state index is 0.143. The van der Waals surface area contributed by atoms with E-state index in [2.05, 4.69) is 25.7 Å². The van der Waals surface area contributed by atoms with E-state index in [4.69, 9.17) is 15.2 Å². The Bertz CT molecular complexity index is 217. The summed E-state index contributed by atoms with van der Waals surface area (Å²) in [7, 11) is 1.73. The first-order valence-corrected chi connectivity index (χ1v) is 6.12. The van der Waals surface area contributed by atoms with Crippen LogP contribution in [0.3, 0.4) is 0 Å². The van der Waals surface area contributed by atoms with Gasteiger partial charge >= 0.3 is 0 Å². The fraction of sp³-hybridized carbons (Fsp3) is 0.846. The van der Waals surface area contributed by atoms with Crippen molar-refractivity contribution in [2.24, 2.45) is 5.73 Å². The lowest BCUT2D eigenvalue weighted by Gasteiger charge is -2.28. The van der Waals surface area contributed by atoms with Crippen LogP contribution in [0.25, 0.3) is 0 Å². The van der Waals surface area contributed by atoms with Gasteiger partial charge in [-0.1, -0.05) is 12.2 Å². The Morgan fingerprint density at radius 3 is 2.59 bits per heavy atom. The van der Waals surface area contributed by atoms with Crippen LogP contribution in [0.2, 0.25) is 0 Å². The zero-order valence-electron chi connectivity index (χ0n) is 11.7. The average molecular weight is 244 g/mol. The first-order valence-electron chi connectivity index (χ1n) is 6.12. The highest BCUT2D eigenvalue weighted by atomic mass is 16.5. The molecule has 3 N–H and O–H groups in total. The number of methoxy groups -OCH3 is 1. The molecule has 0 heterocycles. The topological polar surface area (TPSA) is 56.5 Å². The van der Waals surface area contributed by atoms with Crippen LogP contribution in [0, 0.1) is 0 Å². The summed E-state index contributed by atoms with van der Waals surface area (Å²) < 4.78 is 10.8. The summed E-state index contributed by atoms with van der Waals surface area (Å²) in [4.78, 5) is 0. The van der Waals surface area contributed by atoms with Crippen LogP contribution in [0.15, 0.2) is 12.2 Å². The molecule has 0 amide bonds. The van der Waals surface area contributed by atoms with Crippen molar-refractivity contribution in [1.82, 2.24) is 5.32 Å². The molecule has 102 valence electrons. The van der Waals surface area contributed by atoms with E-state index >= 15 is 0 Å². The van der Waals surface area contributed by atoms with E-state index < -0.39 is 0 Å². The van der Waals surface area contributed by atoms with Crippen molar-refractivity contribution in [2.45, 2.75) is 38.8 Å². The van der Waals surface area contributed by atoms with E-state index in [1.807, 2.05) is 6.92 Å². The van der Waals surface area contributed by atoms with Gasteiger partial charge in [0, 0.05) is 26.2 Å². The van der Waals surface area contributed by atoms with Gasteiger partial charge in [-0.05, 0) is 27.2 Å².